The van der Waals surface area contributed by atoms with Crippen molar-refractivity contribution < 1.29 is 13.5 Å². The summed E-state index contributed by atoms with van der Waals surface area (Å²) in [5.41, 5.74) is 8.04. The molecule has 0 atom stereocenters. The van der Waals surface area contributed by atoms with Crippen molar-refractivity contribution >= 4 is 32.6 Å². The minimum absolute atomic E-state index is 0.0531. The smallest absolute Gasteiger partial charge is 0.256 e. The van der Waals surface area contributed by atoms with Crippen molar-refractivity contribution in [2.24, 2.45) is 0 Å². The number of fused-ring (bicyclic) bond motifs is 1. The highest BCUT2D eigenvalue weighted by Gasteiger charge is 2.22. The molecule has 166 valence electrons. The number of nitrogen functional groups attached to an aromatic ring is 1. The highest BCUT2D eigenvalue weighted by Crippen LogP contribution is 2.32. The van der Waals surface area contributed by atoms with Gasteiger partial charge in [0.15, 0.2) is 5.65 Å². The van der Waals surface area contributed by atoms with Crippen molar-refractivity contribution in [3.63, 3.8) is 0 Å². The van der Waals surface area contributed by atoms with Crippen molar-refractivity contribution in [2.75, 3.05) is 16.6 Å². The van der Waals surface area contributed by atoms with Gasteiger partial charge in [-0.25, -0.2) is 23.1 Å². The fraction of sp³-hybridized carbons (Fsp3) is 0.0909. The molecule has 0 aliphatic rings. The van der Waals surface area contributed by atoms with Crippen molar-refractivity contribution in [2.45, 2.75) is 6.54 Å². The van der Waals surface area contributed by atoms with Crippen LogP contribution in [0.4, 0.5) is 11.5 Å². The van der Waals surface area contributed by atoms with E-state index in [1.165, 1.54) is 27.4 Å². The fourth-order valence-corrected chi connectivity index (χ4v) is 4.37. The Morgan fingerprint density at radius 3 is 2.67 bits per heavy atom. The zero-order chi connectivity index (χ0) is 23.6. The van der Waals surface area contributed by atoms with Gasteiger partial charge in [0.05, 0.1) is 29.7 Å². The number of para-hydroxylation sites is 1. The molecule has 2 aromatic carbocycles. The molecular formula is C22H19N7O3S. The van der Waals surface area contributed by atoms with Gasteiger partial charge in [-0.05, 0) is 30.3 Å². The topological polar surface area (TPSA) is 151 Å². The minimum Gasteiger partial charge on any atom is -0.507 e. The molecule has 0 fully saturated rings. The maximum atomic E-state index is 12.6. The maximum absolute atomic E-state index is 12.6. The van der Waals surface area contributed by atoms with Crippen LogP contribution < -0.4 is 10.0 Å². The van der Waals surface area contributed by atoms with Gasteiger partial charge in [0.25, 0.3) is 10.0 Å². The van der Waals surface area contributed by atoms with E-state index in [0.29, 0.717) is 28.0 Å². The molecule has 4 rings (SSSR count). The zero-order valence-electron chi connectivity index (χ0n) is 17.3. The second kappa shape index (κ2) is 8.60. The van der Waals surface area contributed by atoms with Crippen LogP contribution in [-0.4, -0.2) is 39.8 Å². The Hall–Kier alpha value is -4.43. The number of hydrogen-bond donors (Lipinski definition) is 2. The second-order valence-electron chi connectivity index (χ2n) is 6.99. The lowest BCUT2D eigenvalue weighted by molar-refractivity contribution is 0.473. The molecule has 2 aromatic heterocycles. The molecular weight excluding hydrogens is 442 g/mol. The molecule has 0 bridgehead atoms. The van der Waals surface area contributed by atoms with Gasteiger partial charge in [-0.15, -0.1) is 0 Å². The Bertz CT molecular complexity index is 1490. The Morgan fingerprint density at radius 1 is 1.21 bits per heavy atom. The summed E-state index contributed by atoms with van der Waals surface area (Å²) in [4.78, 5) is 8.33. The van der Waals surface area contributed by atoms with Crippen LogP contribution in [-0.2, 0) is 16.6 Å². The normalized spacial score (nSPS) is 11.2. The molecule has 3 N–H and O–H groups in total. The van der Waals surface area contributed by atoms with Crippen LogP contribution in [0.5, 0.6) is 5.75 Å². The molecule has 0 aliphatic heterocycles. The Morgan fingerprint density at radius 2 is 1.97 bits per heavy atom. The van der Waals surface area contributed by atoms with Crippen LogP contribution in [0.1, 0.15) is 5.56 Å². The molecule has 2 heterocycles. The van der Waals surface area contributed by atoms with Crippen LogP contribution in [0.3, 0.4) is 0 Å². The van der Waals surface area contributed by atoms with E-state index >= 15 is 0 Å². The van der Waals surface area contributed by atoms with Gasteiger partial charge in [0, 0.05) is 11.0 Å². The van der Waals surface area contributed by atoms with E-state index in [0.717, 1.165) is 5.41 Å². The van der Waals surface area contributed by atoms with Gasteiger partial charge in [-0.2, -0.15) is 10.4 Å². The van der Waals surface area contributed by atoms with Gasteiger partial charge < -0.3 is 10.8 Å². The highest BCUT2D eigenvalue weighted by atomic mass is 32.2. The van der Waals surface area contributed by atoms with Gasteiger partial charge in [-0.3, -0.25) is 4.31 Å². The summed E-state index contributed by atoms with van der Waals surface area (Å²) >= 11 is 0. The third-order valence-corrected chi connectivity index (χ3v) is 6.45. The summed E-state index contributed by atoms with van der Waals surface area (Å²) in [6.45, 7) is 3.63. The predicted octanol–water partition coefficient (Wildman–Crippen LogP) is 2.63. The van der Waals surface area contributed by atoms with E-state index in [2.05, 4.69) is 21.6 Å². The largest absolute Gasteiger partial charge is 0.507 e. The first-order valence-electron chi connectivity index (χ1n) is 9.76. The summed E-state index contributed by atoms with van der Waals surface area (Å²) in [5.74, 6) is 0.0359. The standard InChI is InChI=1S/C22H19N7O3S/c1-2-33(31,32)29(17-6-4-3-5-7-17)11-10-28-22-19(21(24)25-14-26-22)20(27-28)15-8-9-18(30)16(12-15)13-23/h2-9,12,14,30H,1,10-11H2,(H2,24,25,26). The van der Waals surface area contributed by atoms with Crippen LogP contribution in [0.2, 0.25) is 0 Å². The van der Waals surface area contributed by atoms with Gasteiger partial charge in [0.1, 0.15) is 29.7 Å². The number of phenolic OH excluding ortho intramolecular Hbond substituents is 1. The van der Waals surface area contributed by atoms with E-state index < -0.39 is 10.0 Å². The first-order valence-corrected chi connectivity index (χ1v) is 11.3. The second-order valence-corrected chi connectivity index (χ2v) is 8.80. The number of sulfonamides is 1. The van der Waals surface area contributed by atoms with E-state index in [-0.39, 0.29) is 30.2 Å². The van der Waals surface area contributed by atoms with Gasteiger partial charge >= 0.3 is 0 Å². The fourth-order valence-electron chi connectivity index (χ4n) is 3.43. The first-order chi connectivity index (χ1) is 15.9. The van der Waals surface area contributed by atoms with Crippen LogP contribution in [0, 0.1) is 11.3 Å². The number of aromatic nitrogens is 4. The minimum atomic E-state index is -3.77. The first kappa shape index (κ1) is 21.8. The summed E-state index contributed by atoms with van der Waals surface area (Å²) in [7, 11) is -3.77. The number of phenols is 1. The molecule has 4 aromatic rings. The zero-order valence-corrected chi connectivity index (χ0v) is 18.1. The van der Waals surface area contributed by atoms with E-state index in [1.54, 1.807) is 36.4 Å². The number of rotatable bonds is 7. The molecule has 0 unspecified atom stereocenters. The van der Waals surface area contributed by atoms with E-state index in [4.69, 9.17) is 5.73 Å². The van der Waals surface area contributed by atoms with Crippen LogP contribution >= 0.6 is 0 Å². The lowest BCUT2D eigenvalue weighted by atomic mass is 10.1. The molecule has 0 saturated carbocycles. The van der Waals surface area contributed by atoms with Crippen molar-refractivity contribution in [1.29, 1.82) is 5.26 Å². The number of anilines is 2. The maximum Gasteiger partial charge on any atom is 0.256 e. The number of nitrogens with zero attached hydrogens (tertiary/aromatic N) is 6. The third kappa shape index (κ3) is 4.07. The van der Waals surface area contributed by atoms with Gasteiger partial charge in [-0.1, -0.05) is 24.8 Å². The number of aromatic hydroxyl groups is 1. The molecule has 33 heavy (non-hydrogen) atoms. The molecule has 0 saturated heterocycles. The Labute approximate surface area is 189 Å². The quantitative estimate of drug-likeness (QED) is 0.426. The van der Waals surface area contributed by atoms with Crippen molar-refractivity contribution in [1.82, 2.24) is 19.7 Å². The average Bonchev–Trinajstić information content (AvgIpc) is 3.20. The Kier molecular flexibility index (Phi) is 5.68. The SMILES string of the molecule is C=CS(=O)(=O)N(CCn1nc(-c2ccc(O)c(C#N)c2)c2c(N)ncnc21)c1ccccc1. The molecule has 0 aliphatic carbocycles. The van der Waals surface area contributed by atoms with E-state index in [1.807, 2.05) is 6.07 Å². The molecule has 0 radical (unpaired) electrons. The van der Waals surface area contributed by atoms with Crippen LogP contribution in [0.15, 0.2) is 66.8 Å². The van der Waals surface area contributed by atoms with Gasteiger partial charge in [0.2, 0.25) is 0 Å². The summed E-state index contributed by atoms with van der Waals surface area (Å²) < 4.78 is 28.1. The van der Waals surface area contributed by atoms with E-state index in [9.17, 15) is 18.8 Å². The highest BCUT2D eigenvalue weighted by molar-refractivity contribution is 7.95. The van der Waals surface area contributed by atoms with Crippen LogP contribution in [0.25, 0.3) is 22.3 Å². The number of hydrogen-bond acceptors (Lipinski definition) is 8. The summed E-state index contributed by atoms with van der Waals surface area (Å²) in [6.07, 6.45) is 1.30. The Balaban J connectivity index is 1.79. The van der Waals surface area contributed by atoms with Crippen molar-refractivity contribution in [3.05, 3.63) is 72.4 Å². The lowest BCUT2D eigenvalue weighted by Gasteiger charge is -2.22. The number of benzene rings is 2. The molecule has 0 amide bonds. The monoisotopic (exact) mass is 461 g/mol. The lowest BCUT2D eigenvalue weighted by Crippen LogP contribution is -2.32. The molecule has 11 heteroatoms. The summed E-state index contributed by atoms with van der Waals surface area (Å²) in [5, 5.41) is 25.1. The molecule has 0 spiro atoms. The number of nitriles is 1. The predicted molar refractivity (Wildman–Crippen MR) is 124 cm³/mol. The number of nitrogens with two attached hydrogens (primary N) is 1. The van der Waals surface area contributed by atoms with Crippen molar-refractivity contribution in [3.8, 4) is 23.1 Å². The third-order valence-electron chi connectivity index (χ3n) is 5.03. The molecule has 10 nitrogen and oxygen atoms in total. The summed E-state index contributed by atoms with van der Waals surface area (Å²) in [6, 6.07) is 15.1. The average molecular weight is 462 g/mol.